The molecule has 1 atom stereocenters. The van der Waals surface area contributed by atoms with E-state index in [1.807, 2.05) is 24.3 Å². The van der Waals surface area contributed by atoms with Crippen molar-refractivity contribution in [2.24, 2.45) is 0 Å². The van der Waals surface area contributed by atoms with Crippen LogP contribution in [0, 0.1) is 5.82 Å². The molecule has 1 aliphatic heterocycles. The number of thiophene rings is 1. The number of carbonyl (C=O) groups is 2. The van der Waals surface area contributed by atoms with Crippen LogP contribution in [0.2, 0.25) is 0 Å². The molecule has 5 nitrogen and oxygen atoms in total. The number of carbonyl (C=O) groups excluding carboxylic acids is 2. The maximum atomic E-state index is 13.8. The zero-order chi connectivity index (χ0) is 24.2. The number of hydrogen-bond acceptors (Lipinski definition) is 6. The van der Waals surface area contributed by atoms with Crippen LogP contribution in [0.3, 0.4) is 0 Å². The van der Waals surface area contributed by atoms with Crippen molar-refractivity contribution in [3.63, 3.8) is 0 Å². The highest BCUT2D eigenvalue weighted by Crippen LogP contribution is 2.44. The van der Waals surface area contributed by atoms with Gasteiger partial charge in [0.1, 0.15) is 5.82 Å². The van der Waals surface area contributed by atoms with Crippen molar-refractivity contribution in [1.29, 1.82) is 0 Å². The molecule has 5 rings (SSSR count). The van der Waals surface area contributed by atoms with Crippen molar-refractivity contribution in [2.45, 2.75) is 32.2 Å². The van der Waals surface area contributed by atoms with Crippen LogP contribution in [0.1, 0.15) is 47.6 Å². The molecule has 2 aromatic carbocycles. The summed E-state index contributed by atoms with van der Waals surface area (Å²) < 4.78 is 14.3. The fraction of sp³-hybridized carbons (Fsp3) is 0.192. The van der Waals surface area contributed by atoms with Crippen molar-refractivity contribution in [1.82, 2.24) is 4.98 Å². The first-order chi connectivity index (χ1) is 16.1. The van der Waals surface area contributed by atoms with Crippen LogP contribution in [-0.2, 0) is 10.2 Å². The summed E-state index contributed by atoms with van der Waals surface area (Å²) in [5.41, 5.74) is 2.25. The van der Waals surface area contributed by atoms with Crippen LogP contribution in [0.25, 0.3) is 10.2 Å². The number of aromatic nitrogens is 1. The molecule has 0 aliphatic carbocycles. The van der Waals surface area contributed by atoms with Crippen LogP contribution in [0.5, 0.6) is 0 Å². The third-order valence-corrected chi connectivity index (χ3v) is 7.72. The van der Waals surface area contributed by atoms with Crippen LogP contribution >= 0.6 is 22.7 Å². The highest BCUT2D eigenvalue weighted by atomic mass is 32.1. The summed E-state index contributed by atoms with van der Waals surface area (Å²) in [5.74, 6) is -2.10. The summed E-state index contributed by atoms with van der Waals surface area (Å²) in [6.45, 7) is 6.31. The normalized spacial score (nSPS) is 16.6. The fourth-order valence-electron chi connectivity index (χ4n) is 4.05. The lowest BCUT2D eigenvalue weighted by Crippen LogP contribution is -2.31. The number of anilines is 1. The van der Waals surface area contributed by atoms with Crippen molar-refractivity contribution in [3.8, 4) is 0 Å². The number of aliphatic hydroxyl groups is 1. The lowest BCUT2D eigenvalue weighted by Gasteiger charge is -2.25. The standard InChI is InChI=1S/C26H21FN2O3S2/c1-26(2,3)15-8-6-14(7-9-15)21-20(22(30)18-5-4-12-33-18)23(31)24(32)29(21)25-28-17-11-10-16(27)13-19(17)34-25/h4-13,21,31H,1-3H3/t21-/m0/s1. The first-order valence-electron chi connectivity index (χ1n) is 10.7. The molecule has 0 saturated carbocycles. The number of nitrogens with zero attached hydrogens (tertiary/aromatic N) is 2. The van der Waals surface area contributed by atoms with Gasteiger partial charge in [0.05, 0.1) is 26.7 Å². The minimum absolute atomic E-state index is 0.0152. The number of rotatable bonds is 4. The Bertz CT molecular complexity index is 1450. The van der Waals surface area contributed by atoms with Gasteiger partial charge in [0.25, 0.3) is 5.91 Å². The molecule has 0 radical (unpaired) electrons. The monoisotopic (exact) mass is 492 g/mol. The largest absolute Gasteiger partial charge is 0.503 e. The lowest BCUT2D eigenvalue weighted by atomic mass is 9.85. The predicted molar refractivity (Wildman–Crippen MR) is 133 cm³/mol. The zero-order valence-electron chi connectivity index (χ0n) is 18.7. The van der Waals surface area contributed by atoms with Crippen molar-refractivity contribution >= 4 is 49.7 Å². The number of thiazole rings is 1. The maximum Gasteiger partial charge on any atom is 0.296 e. The topological polar surface area (TPSA) is 70.5 Å². The molecule has 34 heavy (non-hydrogen) atoms. The van der Waals surface area contributed by atoms with Gasteiger partial charge >= 0.3 is 0 Å². The van der Waals surface area contributed by atoms with E-state index < -0.39 is 29.3 Å². The molecule has 0 unspecified atom stereocenters. The van der Waals surface area contributed by atoms with Crippen molar-refractivity contribution in [2.75, 3.05) is 4.90 Å². The van der Waals surface area contributed by atoms with E-state index in [0.717, 1.165) is 16.9 Å². The molecule has 1 N–H and O–H groups in total. The van der Waals surface area contributed by atoms with E-state index in [-0.39, 0.29) is 16.1 Å². The van der Waals surface area contributed by atoms with Gasteiger partial charge in [-0.25, -0.2) is 9.37 Å². The molecule has 0 spiro atoms. The molecule has 0 saturated heterocycles. The van der Waals surface area contributed by atoms with E-state index in [2.05, 4.69) is 25.8 Å². The predicted octanol–water partition coefficient (Wildman–Crippen LogP) is 6.58. The van der Waals surface area contributed by atoms with E-state index in [0.29, 0.717) is 20.7 Å². The summed E-state index contributed by atoms with van der Waals surface area (Å²) >= 11 is 2.39. The van der Waals surface area contributed by atoms with E-state index in [1.165, 1.54) is 28.4 Å². The van der Waals surface area contributed by atoms with Crippen LogP contribution in [0.4, 0.5) is 9.52 Å². The second-order valence-electron chi connectivity index (χ2n) is 9.13. The molecule has 1 aliphatic rings. The lowest BCUT2D eigenvalue weighted by molar-refractivity contribution is -0.117. The number of aliphatic hydroxyl groups excluding tert-OH is 1. The second-order valence-corrected chi connectivity index (χ2v) is 11.1. The van der Waals surface area contributed by atoms with E-state index in [4.69, 9.17) is 0 Å². The highest BCUT2D eigenvalue weighted by molar-refractivity contribution is 7.22. The fourth-order valence-corrected chi connectivity index (χ4v) is 5.74. The van der Waals surface area contributed by atoms with Gasteiger partial charge in [-0.1, -0.05) is 62.4 Å². The van der Waals surface area contributed by atoms with Gasteiger partial charge in [0.15, 0.2) is 10.9 Å². The molecular formula is C26H21FN2O3S2. The average molecular weight is 493 g/mol. The number of fused-ring (bicyclic) bond motifs is 1. The second kappa shape index (κ2) is 8.14. The Morgan fingerprint density at radius 3 is 2.50 bits per heavy atom. The van der Waals surface area contributed by atoms with Gasteiger partial charge in [-0.15, -0.1) is 11.3 Å². The van der Waals surface area contributed by atoms with Gasteiger partial charge < -0.3 is 5.11 Å². The van der Waals surface area contributed by atoms with E-state index in [9.17, 15) is 19.1 Å². The summed E-state index contributed by atoms with van der Waals surface area (Å²) in [5, 5.41) is 12.9. The van der Waals surface area contributed by atoms with E-state index in [1.54, 1.807) is 23.6 Å². The number of hydrogen-bond donors (Lipinski definition) is 1. The first-order valence-corrected chi connectivity index (χ1v) is 12.4. The molecule has 3 heterocycles. The number of halogens is 1. The first kappa shape index (κ1) is 22.4. The number of amides is 1. The number of ketones is 1. The molecule has 2 aromatic heterocycles. The SMILES string of the molecule is CC(C)(C)c1ccc([C@H]2C(C(=O)c3cccs3)=C(O)C(=O)N2c2nc3ccc(F)cc3s2)cc1. The smallest absolute Gasteiger partial charge is 0.296 e. The van der Waals surface area contributed by atoms with Crippen LogP contribution in [0.15, 0.2) is 71.3 Å². The van der Waals surface area contributed by atoms with Crippen LogP contribution < -0.4 is 4.90 Å². The zero-order valence-corrected chi connectivity index (χ0v) is 20.3. The van der Waals surface area contributed by atoms with E-state index >= 15 is 0 Å². The van der Waals surface area contributed by atoms with Gasteiger partial charge in [-0.3, -0.25) is 14.5 Å². The Labute approximate surface area is 203 Å². The molecule has 1 amide bonds. The Balaban J connectivity index is 1.67. The molecule has 0 fully saturated rings. The molecule has 8 heteroatoms. The summed E-state index contributed by atoms with van der Waals surface area (Å²) in [6.07, 6.45) is 0. The van der Waals surface area contributed by atoms with Crippen LogP contribution in [-0.4, -0.2) is 21.8 Å². The third kappa shape index (κ3) is 3.73. The quantitative estimate of drug-likeness (QED) is 0.327. The highest BCUT2D eigenvalue weighted by Gasteiger charge is 2.46. The molecule has 172 valence electrons. The van der Waals surface area contributed by atoms with Gasteiger partial charge in [0.2, 0.25) is 5.78 Å². The minimum Gasteiger partial charge on any atom is -0.503 e. The van der Waals surface area contributed by atoms with Gasteiger partial charge in [0, 0.05) is 0 Å². The minimum atomic E-state index is -0.860. The summed E-state index contributed by atoms with van der Waals surface area (Å²) in [7, 11) is 0. The Kier molecular flexibility index (Phi) is 5.37. The molecule has 0 bridgehead atoms. The third-order valence-electron chi connectivity index (χ3n) is 5.84. The number of Topliss-reactive ketones (excluding diaryl/α,β-unsaturated/α-hetero) is 1. The average Bonchev–Trinajstić information content (AvgIpc) is 3.52. The molecular weight excluding hydrogens is 471 g/mol. The summed E-state index contributed by atoms with van der Waals surface area (Å²) in [6, 6.07) is 14.4. The van der Waals surface area contributed by atoms with Gasteiger partial charge in [-0.05, 0) is 46.2 Å². The number of benzene rings is 2. The Morgan fingerprint density at radius 1 is 1.12 bits per heavy atom. The summed E-state index contributed by atoms with van der Waals surface area (Å²) in [4.78, 5) is 33.0. The molecule has 4 aromatic rings. The maximum absolute atomic E-state index is 13.8. The Morgan fingerprint density at radius 2 is 1.85 bits per heavy atom. The van der Waals surface area contributed by atoms with Gasteiger partial charge in [-0.2, -0.15) is 0 Å². The Hall–Kier alpha value is -3.36. The van der Waals surface area contributed by atoms with Crippen molar-refractivity contribution < 1.29 is 19.1 Å². The van der Waals surface area contributed by atoms with Crippen molar-refractivity contribution in [3.05, 3.63) is 93.1 Å².